The van der Waals surface area contributed by atoms with Crippen LogP contribution in [0.1, 0.15) is 17.5 Å². The maximum absolute atomic E-state index is 13.2. The van der Waals surface area contributed by atoms with Gasteiger partial charge in [-0.2, -0.15) is 0 Å². The molecule has 1 N–H and O–H groups in total. The zero-order valence-corrected chi connectivity index (χ0v) is 12.8. The summed E-state index contributed by atoms with van der Waals surface area (Å²) in [6.45, 7) is 3.92. The molecule has 0 amide bonds. The molecule has 0 saturated heterocycles. The van der Waals surface area contributed by atoms with Gasteiger partial charge in [0, 0.05) is 16.3 Å². The topological polar surface area (TPSA) is 12.0 Å². The van der Waals surface area contributed by atoms with Gasteiger partial charge >= 0.3 is 0 Å². The molecule has 0 saturated carbocycles. The van der Waals surface area contributed by atoms with Crippen LogP contribution in [0.25, 0.3) is 5.57 Å². The van der Waals surface area contributed by atoms with Crippen molar-refractivity contribution in [3.8, 4) is 0 Å². The van der Waals surface area contributed by atoms with Crippen molar-refractivity contribution in [1.82, 2.24) is 5.32 Å². The molecule has 108 valence electrons. The average Bonchev–Trinajstić information content (AvgIpc) is 2.51. The van der Waals surface area contributed by atoms with Gasteiger partial charge in [0.05, 0.1) is 0 Å². The third-order valence-electron chi connectivity index (χ3n) is 3.65. The molecule has 3 heteroatoms. The number of rotatable bonds is 3. The molecule has 0 bridgehead atoms. The summed E-state index contributed by atoms with van der Waals surface area (Å²) < 4.78 is 13.2. The SMILES string of the molecule is Cc1cc(F)ccc1Sc1ccccc1C1=CCNCC1. The molecule has 0 atom stereocenters. The highest BCUT2D eigenvalue weighted by molar-refractivity contribution is 7.99. The molecule has 0 fully saturated rings. The molecule has 1 aliphatic heterocycles. The Bertz CT molecular complexity index is 679. The third-order valence-corrected chi connectivity index (χ3v) is 4.91. The van der Waals surface area contributed by atoms with Gasteiger partial charge in [0.1, 0.15) is 5.82 Å². The van der Waals surface area contributed by atoms with Gasteiger partial charge in [-0.05, 0) is 60.9 Å². The largest absolute Gasteiger partial charge is 0.313 e. The van der Waals surface area contributed by atoms with Gasteiger partial charge in [-0.1, -0.05) is 36.0 Å². The normalized spacial score (nSPS) is 14.9. The Balaban J connectivity index is 1.93. The quantitative estimate of drug-likeness (QED) is 0.884. The van der Waals surface area contributed by atoms with Crippen LogP contribution in [0, 0.1) is 12.7 Å². The lowest BCUT2D eigenvalue weighted by Crippen LogP contribution is -2.20. The molecule has 0 aromatic heterocycles. The van der Waals surface area contributed by atoms with E-state index >= 15 is 0 Å². The lowest BCUT2D eigenvalue weighted by atomic mass is 10.0. The van der Waals surface area contributed by atoms with Crippen molar-refractivity contribution < 1.29 is 4.39 Å². The average molecular weight is 299 g/mol. The molecule has 3 rings (SSSR count). The first-order chi connectivity index (χ1) is 10.2. The Morgan fingerprint density at radius 1 is 1.10 bits per heavy atom. The van der Waals surface area contributed by atoms with Crippen LogP contribution in [0.15, 0.2) is 58.3 Å². The number of nitrogens with one attached hydrogen (secondary N) is 1. The fraction of sp³-hybridized carbons (Fsp3) is 0.222. The highest BCUT2D eigenvalue weighted by atomic mass is 32.2. The molecule has 2 aromatic carbocycles. The van der Waals surface area contributed by atoms with Crippen LogP contribution >= 0.6 is 11.8 Å². The van der Waals surface area contributed by atoms with Crippen LogP contribution in [0.2, 0.25) is 0 Å². The van der Waals surface area contributed by atoms with Gasteiger partial charge in [0.15, 0.2) is 0 Å². The molecule has 0 aliphatic carbocycles. The predicted octanol–water partition coefficient (Wildman–Crippen LogP) is 4.66. The molecule has 1 aliphatic rings. The first kappa shape index (κ1) is 14.4. The van der Waals surface area contributed by atoms with E-state index in [0.717, 1.165) is 30.0 Å². The lowest BCUT2D eigenvalue weighted by Gasteiger charge is -2.17. The van der Waals surface area contributed by atoms with Crippen LogP contribution in [0.5, 0.6) is 0 Å². The zero-order valence-electron chi connectivity index (χ0n) is 12.0. The van der Waals surface area contributed by atoms with E-state index in [1.54, 1.807) is 17.8 Å². The van der Waals surface area contributed by atoms with Crippen LogP contribution < -0.4 is 5.32 Å². The molecule has 0 radical (unpaired) electrons. The smallest absolute Gasteiger partial charge is 0.123 e. The van der Waals surface area contributed by atoms with E-state index < -0.39 is 0 Å². The number of hydrogen-bond donors (Lipinski definition) is 1. The summed E-state index contributed by atoms with van der Waals surface area (Å²) in [5.41, 5.74) is 3.68. The second-order valence-corrected chi connectivity index (χ2v) is 6.28. The van der Waals surface area contributed by atoms with Crippen molar-refractivity contribution in [3.63, 3.8) is 0 Å². The standard InChI is InChI=1S/C18H18FNS/c1-13-12-15(19)6-7-17(13)21-18-5-3-2-4-16(18)14-8-10-20-11-9-14/h2-8,12,20H,9-11H2,1H3. The summed E-state index contributed by atoms with van der Waals surface area (Å²) in [7, 11) is 0. The van der Waals surface area contributed by atoms with Gasteiger partial charge in [0.25, 0.3) is 0 Å². The first-order valence-corrected chi connectivity index (χ1v) is 7.99. The molecule has 1 nitrogen and oxygen atoms in total. The summed E-state index contributed by atoms with van der Waals surface area (Å²) in [5.74, 6) is -0.175. The summed E-state index contributed by atoms with van der Waals surface area (Å²) >= 11 is 1.72. The maximum atomic E-state index is 13.2. The van der Waals surface area contributed by atoms with Gasteiger partial charge in [-0.15, -0.1) is 0 Å². The van der Waals surface area contributed by atoms with E-state index in [2.05, 4.69) is 35.7 Å². The van der Waals surface area contributed by atoms with Crippen molar-refractivity contribution in [1.29, 1.82) is 0 Å². The Hall–Kier alpha value is -1.58. The predicted molar refractivity (Wildman–Crippen MR) is 87.2 cm³/mol. The number of aryl methyl sites for hydroxylation is 1. The highest BCUT2D eigenvalue weighted by Crippen LogP contribution is 2.36. The van der Waals surface area contributed by atoms with E-state index in [0.29, 0.717) is 0 Å². The summed E-state index contributed by atoms with van der Waals surface area (Å²) in [4.78, 5) is 2.35. The minimum Gasteiger partial charge on any atom is -0.313 e. The van der Waals surface area contributed by atoms with E-state index in [4.69, 9.17) is 0 Å². The fourth-order valence-corrected chi connectivity index (χ4v) is 3.58. The van der Waals surface area contributed by atoms with Crippen molar-refractivity contribution >= 4 is 17.3 Å². The molecule has 2 aromatic rings. The molecule has 0 spiro atoms. The summed E-state index contributed by atoms with van der Waals surface area (Å²) in [5, 5.41) is 3.34. The number of halogens is 1. The zero-order chi connectivity index (χ0) is 14.7. The lowest BCUT2D eigenvalue weighted by molar-refractivity contribution is 0.625. The second kappa shape index (κ2) is 6.46. The van der Waals surface area contributed by atoms with Crippen molar-refractivity contribution in [2.24, 2.45) is 0 Å². The third kappa shape index (κ3) is 3.36. The van der Waals surface area contributed by atoms with Gasteiger partial charge in [0.2, 0.25) is 0 Å². The Morgan fingerprint density at radius 3 is 2.71 bits per heavy atom. The Kier molecular flexibility index (Phi) is 4.42. The monoisotopic (exact) mass is 299 g/mol. The van der Waals surface area contributed by atoms with Crippen molar-refractivity contribution in [2.75, 3.05) is 13.1 Å². The fourth-order valence-electron chi connectivity index (χ4n) is 2.53. The highest BCUT2D eigenvalue weighted by Gasteiger charge is 2.12. The van der Waals surface area contributed by atoms with E-state index in [9.17, 15) is 4.39 Å². The minimum absolute atomic E-state index is 0.175. The maximum Gasteiger partial charge on any atom is 0.123 e. The van der Waals surface area contributed by atoms with E-state index in [1.807, 2.05) is 13.0 Å². The molecular formula is C18H18FNS. The van der Waals surface area contributed by atoms with Crippen molar-refractivity contribution in [3.05, 3.63) is 65.5 Å². The van der Waals surface area contributed by atoms with Crippen LogP contribution in [0.4, 0.5) is 4.39 Å². The van der Waals surface area contributed by atoms with Crippen LogP contribution in [0.3, 0.4) is 0 Å². The van der Waals surface area contributed by atoms with Gasteiger partial charge in [-0.25, -0.2) is 4.39 Å². The van der Waals surface area contributed by atoms with Gasteiger partial charge in [-0.3, -0.25) is 0 Å². The van der Waals surface area contributed by atoms with Crippen LogP contribution in [-0.2, 0) is 0 Å². The van der Waals surface area contributed by atoms with Crippen LogP contribution in [-0.4, -0.2) is 13.1 Å². The Labute approximate surface area is 129 Å². The minimum atomic E-state index is -0.175. The Morgan fingerprint density at radius 2 is 1.95 bits per heavy atom. The second-order valence-electron chi connectivity index (χ2n) is 5.19. The molecule has 1 heterocycles. The number of benzene rings is 2. The van der Waals surface area contributed by atoms with Gasteiger partial charge < -0.3 is 5.32 Å². The van der Waals surface area contributed by atoms with E-state index in [-0.39, 0.29) is 5.82 Å². The van der Waals surface area contributed by atoms with Crippen molar-refractivity contribution in [2.45, 2.75) is 23.1 Å². The molecule has 21 heavy (non-hydrogen) atoms. The number of hydrogen-bond acceptors (Lipinski definition) is 2. The summed E-state index contributed by atoms with van der Waals surface area (Å²) in [6, 6.07) is 13.5. The first-order valence-electron chi connectivity index (χ1n) is 7.17. The molecular weight excluding hydrogens is 281 g/mol. The summed E-state index contributed by atoms with van der Waals surface area (Å²) in [6.07, 6.45) is 3.32. The molecule has 0 unspecified atom stereocenters. The van der Waals surface area contributed by atoms with E-state index in [1.165, 1.54) is 22.1 Å².